The molecule has 0 saturated carbocycles. The Morgan fingerprint density at radius 1 is 1.09 bits per heavy atom. The lowest BCUT2D eigenvalue weighted by Gasteiger charge is -2.13. The first-order valence-electron chi connectivity index (χ1n) is 6.71. The summed E-state index contributed by atoms with van der Waals surface area (Å²) < 4.78 is 38.1. The van der Waals surface area contributed by atoms with Crippen LogP contribution in [0.15, 0.2) is 47.5 Å². The van der Waals surface area contributed by atoms with Gasteiger partial charge in [0.2, 0.25) is 0 Å². The summed E-state index contributed by atoms with van der Waals surface area (Å²) >= 11 is 0. The second-order valence-electron chi connectivity index (χ2n) is 4.79. The van der Waals surface area contributed by atoms with E-state index in [2.05, 4.69) is 14.9 Å². The quantitative estimate of drug-likeness (QED) is 0.748. The van der Waals surface area contributed by atoms with E-state index in [1.54, 1.807) is 36.5 Å². The van der Waals surface area contributed by atoms with E-state index in [4.69, 9.17) is 9.47 Å². The number of nitrogens with one attached hydrogen (secondary N) is 2. The second-order valence-corrected chi connectivity index (χ2v) is 6.45. The first-order chi connectivity index (χ1) is 11.0. The largest absolute Gasteiger partial charge is 0.497 e. The van der Waals surface area contributed by atoms with E-state index in [0.717, 1.165) is 10.9 Å². The Balaban J connectivity index is 2.00. The van der Waals surface area contributed by atoms with Gasteiger partial charge in [0.05, 0.1) is 31.6 Å². The minimum Gasteiger partial charge on any atom is -0.497 e. The van der Waals surface area contributed by atoms with Crippen molar-refractivity contribution in [3.8, 4) is 11.5 Å². The zero-order valence-corrected chi connectivity index (χ0v) is 13.3. The number of hydrogen-bond acceptors (Lipinski definition) is 5. The Bertz CT molecular complexity index is 950. The van der Waals surface area contributed by atoms with Crippen molar-refractivity contribution < 1.29 is 17.9 Å². The number of hydrogen-bond donors (Lipinski definition) is 2. The van der Waals surface area contributed by atoms with Gasteiger partial charge >= 0.3 is 0 Å². The van der Waals surface area contributed by atoms with E-state index in [-0.39, 0.29) is 10.6 Å². The highest BCUT2D eigenvalue weighted by Gasteiger charge is 2.21. The Morgan fingerprint density at radius 2 is 1.91 bits per heavy atom. The molecule has 0 aliphatic carbocycles. The van der Waals surface area contributed by atoms with Crippen LogP contribution in [-0.4, -0.2) is 32.8 Å². The minimum absolute atomic E-state index is 0.00376. The summed E-state index contributed by atoms with van der Waals surface area (Å²) in [5.74, 6) is 0.663. The van der Waals surface area contributed by atoms with Crippen molar-refractivity contribution in [2.75, 3.05) is 18.9 Å². The van der Waals surface area contributed by atoms with Crippen molar-refractivity contribution in [2.45, 2.75) is 4.90 Å². The monoisotopic (exact) mass is 333 g/mol. The average molecular weight is 333 g/mol. The first-order valence-corrected chi connectivity index (χ1v) is 8.20. The molecule has 0 unspecified atom stereocenters. The smallest absolute Gasteiger partial charge is 0.265 e. The first kappa shape index (κ1) is 15.2. The summed E-state index contributed by atoms with van der Waals surface area (Å²) in [5, 5.41) is 7.60. The molecule has 0 aliphatic heterocycles. The van der Waals surface area contributed by atoms with Crippen molar-refractivity contribution in [3.63, 3.8) is 0 Å². The van der Waals surface area contributed by atoms with Crippen molar-refractivity contribution in [2.24, 2.45) is 0 Å². The van der Waals surface area contributed by atoms with Gasteiger partial charge in [-0.25, -0.2) is 8.42 Å². The number of fused-ring (bicyclic) bond motifs is 1. The Labute approximate surface area is 133 Å². The van der Waals surface area contributed by atoms with Crippen LogP contribution in [0, 0.1) is 0 Å². The fraction of sp³-hybridized carbons (Fsp3) is 0.133. The number of H-pyrrole nitrogens is 1. The van der Waals surface area contributed by atoms with Gasteiger partial charge in [-0.05, 0) is 30.3 Å². The number of rotatable bonds is 5. The minimum atomic E-state index is -3.83. The maximum atomic E-state index is 12.7. The number of aromatic amines is 1. The van der Waals surface area contributed by atoms with Crippen LogP contribution < -0.4 is 14.2 Å². The third kappa shape index (κ3) is 2.93. The highest BCUT2D eigenvalue weighted by Crippen LogP contribution is 2.30. The molecule has 0 radical (unpaired) electrons. The van der Waals surface area contributed by atoms with Crippen LogP contribution in [0.3, 0.4) is 0 Å². The number of ether oxygens (including phenoxy) is 2. The van der Waals surface area contributed by atoms with Crippen LogP contribution in [0.1, 0.15) is 0 Å². The lowest BCUT2D eigenvalue weighted by molar-refractivity contribution is 0.392. The maximum Gasteiger partial charge on any atom is 0.265 e. The van der Waals surface area contributed by atoms with Crippen LogP contribution in [0.2, 0.25) is 0 Å². The molecule has 0 fully saturated rings. The van der Waals surface area contributed by atoms with E-state index in [0.29, 0.717) is 11.4 Å². The van der Waals surface area contributed by atoms with Gasteiger partial charge in [0.15, 0.2) is 0 Å². The number of anilines is 1. The van der Waals surface area contributed by atoms with E-state index >= 15 is 0 Å². The van der Waals surface area contributed by atoms with Crippen LogP contribution in [0.25, 0.3) is 10.9 Å². The number of nitrogens with zero attached hydrogens (tertiary/aromatic N) is 1. The molecular formula is C15H15N3O4S. The fourth-order valence-electron chi connectivity index (χ4n) is 2.20. The number of methoxy groups -OCH3 is 2. The third-order valence-electron chi connectivity index (χ3n) is 3.35. The number of aromatic nitrogens is 2. The van der Waals surface area contributed by atoms with Crippen LogP contribution in [0.4, 0.5) is 5.69 Å². The van der Waals surface area contributed by atoms with E-state index in [1.807, 2.05) is 0 Å². The summed E-state index contributed by atoms with van der Waals surface area (Å²) in [6, 6.07) is 9.71. The number of sulfonamides is 1. The Morgan fingerprint density at radius 3 is 2.65 bits per heavy atom. The van der Waals surface area contributed by atoms with E-state index in [9.17, 15) is 8.42 Å². The molecule has 0 aliphatic rings. The Hall–Kier alpha value is -2.74. The highest BCUT2D eigenvalue weighted by molar-refractivity contribution is 7.92. The predicted octanol–water partition coefficient (Wildman–Crippen LogP) is 2.38. The molecule has 23 heavy (non-hydrogen) atoms. The summed E-state index contributed by atoms with van der Waals surface area (Å²) in [4.78, 5) is 0.00376. The zero-order chi connectivity index (χ0) is 16.4. The van der Waals surface area contributed by atoms with E-state index < -0.39 is 10.0 Å². The molecule has 2 aromatic carbocycles. The summed E-state index contributed by atoms with van der Waals surface area (Å²) in [6.45, 7) is 0. The molecule has 120 valence electrons. The molecule has 1 heterocycles. The molecule has 7 nitrogen and oxygen atoms in total. The summed E-state index contributed by atoms with van der Waals surface area (Å²) in [5.41, 5.74) is 1.16. The van der Waals surface area contributed by atoms with Gasteiger partial charge in [0.1, 0.15) is 16.4 Å². The SMILES string of the molecule is COc1ccc(OC)c(S(=O)(=O)Nc2ccc3cn[nH]c3c2)c1. The van der Waals surface area contributed by atoms with Crippen LogP contribution in [-0.2, 0) is 10.0 Å². The van der Waals surface area contributed by atoms with Gasteiger partial charge in [-0.1, -0.05) is 0 Å². The van der Waals surface area contributed by atoms with Crippen molar-refractivity contribution in [3.05, 3.63) is 42.6 Å². The van der Waals surface area contributed by atoms with E-state index in [1.165, 1.54) is 20.3 Å². The number of benzene rings is 2. The van der Waals surface area contributed by atoms with Crippen molar-refractivity contribution in [1.29, 1.82) is 0 Å². The second kappa shape index (κ2) is 5.81. The summed E-state index contributed by atoms with van der Waals surface area (Å²) in [7, 11) is -0.945. The summed E-state index contributed by atoms with van der Waals surface area (Å²) in [6.07, 6.45) is 1.67. The maximum absolute atomic E-state index is 12.7. The van der Waals surface area contributed by atoms with Gasteiger partial charge in [0.25, 0.3) is 10.0 Å². The molecule has 0 atom stereocenters. The molecule has 1 aromatic heterocycles. The molecule has 8 heteroatoms. The van der Waals surface area contributed by atoms with Crippen LogP contribution >= 0.6 is 0 Å². The molecule has 2 N–H and O–H groups in total. The van der Waals surface area contributed by atoms with Gasteiger partial charge < -0.3 is 9.47 Å². The highest BCUT2D eigenvalue weighted by atomic mass is 32.2. The Kier molecular flexibility index (Phi) is 3.83. The fourth-order valence-corrected chi connectivity index (χ4v) is 3.44. The topological polar surface area (TPSA) is 93.3 Å². The van der Waals surface area contributed by atoms with Gasteiger partial charge in [-0.2, -0.15) is 5.10 Å². The van der Waals surface area contributed by atoms with Crippen LogP contribution in [0.5, 0.6) is 11.5 Å². The lowest BCUT2D eigenvalue weighted by atomic mass is 10.2. The normalized spacial score (nSPS) is 11.4. The molecule has 0 saturated heterocycles. The van der Waals surface area contributed by atoms with Gasteiger partial charge in [0, 0.05) is 11.5 Å². The lowest BCUT2D eigenvalue weighted by Crippen LogP contribution is -2.14. The van der Waals surface area contributed by atoms with Gasteiger partial charge in [-0.3, -0.25) is 9.82 Å². The molecular weight excluding hydrogens is 318 g/mol. The molecule has 3 aromatic rings. The molecule has 0 amide bonds. The zero-order valence-electron chi connectivity index (χ0n) is 12.5. The van der Waals surface area contributed by atoms with Crippen molar-refractivity contribution in [1.82, 2.24) is 10.2 Å². The molecule has 3 rings (SSSR count). The standard InChI is InChI=1S/C15H15N3O4S/c1-21-12-5-6-14(22-2)15(8-12)23(19,20)18-11-4-3-10-9-16-17-13(10)7-11/h3-9,18H,1-2H3,(H,16,17). The third-order valence-corrected chi connectivity index (χ3v) is 4.76. The predicted molar refractivity (Wildman–Crippen MR) is 86.4 cm³/mol. The molecule has 0 bridgehead atoms. The molecule has 0 spiro atoms. The van der Waals surface area contributed by atoms with Crippen molar-refractivity contribution >= 4 is 26.6 Å². The van der Waals surface area contributed by atoms with Gasteiger partial charge in [-0.15, -0.1) is 0 Å². The average Bonchev–Trinajstić information content (AvgIpc) is 3.01.